The van der Waals surface area contributed by atoms with E-state index in [9.17, 15) is 14.4 Å². The topological polar surface area (TPSA) is 66.9 Å². The number of rotatable bonds is 7. The number of benzene rings is 2. The molecule has 0 radical (unpaired) electrons. The van der Waals surface area contributed by atoms with E-state index < -0.39 is 6.04 Å². The Hall–Kier alpha value is -3.15. The van der Waals surface area contributed by atoms with Gasteiger partial charge in [0.1, 0.15) is 11.8 Å². The molecule has 2 unspecified atom stereocenters. The predicted molar refractivity (Wildman–Crippen MR) is 131 cm³/mol. The van der Waals surface area contributed by atoms with Crippen molar-refractivity contribution in [2.45, 2.75) is 60.0 Å². The molecule has 2 atom stereocenters. The summed E-state index contributed by atoms with van der Waals surface area (Å²) in [6.45, 7) is 12.7. The van der Waals surface area contributed by atoms with Crippen LogP contribution in [0.1, 0.15) is 59.6 Å². The third-order valence-corrected chi connectivity index (χ3v) is 8.09. The van der Waals surface area contributed by atoms with Gasteiger partial charge in [-0.1, -0.05) is 58.0 Å². The summed E-state index contributed by atoms with van der Waals surface area (Å²) in [5.41, 5.74) is 1.07. The maximum absolute atomic E-state index is 14.0. The van der Waals surface area contributed by atoms with E-state index in [1.54, 1.807) is 29.2 Å². The third kappa shape index (κ3) is 3.79. The van der Waals surface area contributed by atoms with E-state index in [0.29, 0.717) is 18.0 Å². The van der Waals surface area contributed by atoms with Crippen molar-refractivity contribution in [1.82, 2.24) is 4.90 Å². The summed E-state index contributed by atoms with van der Waals surface area (Å²) in [5.74, 6) is -0.262. The van der Waals surface area contributed by atoms with Crippen molar-refractivity contribution in [3.63, 3.8) is 0 Å². The van der Waals surface area contributed by atoms with Gasteiger partial charge in [-0.2, -0.15) is 0 Å². The third-order valence-electron chi connectivity index (χ3n) is 8.09. The Balaban J connectivity index is 1.68. The summed E-state index contributed by atoms with van der Waals surface area (Å²) in [6.07, 6.45) is -0.0253. The average Bonchev–Trinajstić information content (AvgIpc) is 3.03. The van der Waals surface area contributed by atoms with Crippen molar-refractivity contribution < 1.29 is 19.1 Å². The maximum Gasteiger partial charge on any atom is 0.257 e. The summed E-state index contributed by atoms with van der Waals surface area (Å²) >= 11 is 0. The lowest BCUT2D eigenvalue weighted by atomic mass is 10.0. The molecule has 3 amide bonds. The highest BCUT2D eigenvalue weighted by Gasteiger charge is 2.69. The molecule has 1 aliphatic carbocycles. The van der Waals surface area contributed by atoms with Gasteiger partial charge in [-0.05, 0) is 54.5 Å². The van der Waals surface area contributed by atoms with Crippen LogP contribution in [0.3, 0.4) is 0 Å². The minimum Gasteiger partial charge on any atom is -0.494 e. The Morgan fingerprint density at radius 1 is 1.03 bits per heavy atom. The van der Waals surface area contributed by atoms with Gasteiger partial charge in [-0.25, -0.2) is 4.90 Å². The first-order valence-electron chi connectivity index (χ1n) is 12.0. The highest BCUT2D eigenvalue weighted by molar-refractivity contribution is 6.23. The Morgan fingerprint density at radius 3 is 2.15 bits per heavy atom. The molecule has 2 aliphatic rings. The Morgan fingerprint density at radius 2 is 1.62 bits per heavy atom. The van der Waals surface area contributed by atoms with Crippen molar-refractivity contribution in [3.05, 3.63) is 60.2 Å². The Kier molecular flexibility index (Phi) is 6.05. The zero-order chi connectivity index (χ0) is 24.8. The van der Waals surface area contributed by atoms with Crippen LogP contribution in [0.15, 0.2) is 54.6 Å². The molecule has 0 aromatic heterocycles. The Bertz CT molecular complexity index is 1080. The molecular formula is C28H34N2O4. The summed E-state index contributed by atoms with van der Waals surface area (Å²) in [7, 11) is 0. The van der Waals surface area contributed by atoms with Crippen LogP contribution in [0, 0.1) is 16.7 Å². The van der Waals surface area contributed by atoms with E-state index in [4.69, 9.17) is 4.74 Å². The Labute approximate surface area is 201 Å². The number of hydrogen-bond acceptors (Lipinski definition) is 4. The van der Waals surface area contributed by atoms with E-state index in [1.165, 1.54) is 4.90 Å². The average molecular weight is 463 g/mol. The number of carbonyl (C=O) groups excluding carboxylic acids is 3. The van der Waals surface area contributed by atoms with E-state index >= 15 is 0 Å². The molecule has 4 rings (SSSR count). The van der Waals surface area contributed by atoms with Crippen LogP contribution in [0.4, 0.5) is 5.69 Å². The second kappa shape index (κ2) is 8.57. The van der Waals surface area contributed by atoms with Gasteiger partial charge in [0.2, 0.25) is 11.8 Å². The number of ether oxygens (including phenoxy) is 1. The largest absolute Gasteiger partial charge is 0.494 e. The lowest BCUT2D eigenvalue weighted by molar-refractivity contribution is -0.143. The smallest absolute Gasteiger partial charge is 0.257 e. The van der Waals surface area contributed by atoms with Gasteiger partial charge in [0.05, 0.1) is 24.8 Å². The van der Waals surface area contributed by atoms with E-state index in [-0.39, 0.29) is 46.9 Å². The first-order valence-corrected chi connectivity index (χ1v) is 12.0. The molecule has 2 aromatic rings. The molecule has 2 aromatic carbocycles. The standard InChI is InChI=1S/C28H34N2O4/c1-7-34-21-15-13-20(14-16-21)30-23(31)17-22(25(30)32)29(18(2)19-11-9-8-10-12-19)26(33)24-27(3,4)28(24,5)6/h8-16,18,22,24H,7,17H2,1-6H3. The molecule has 0 N–H and O–H groups in total. The number of hydrogen-bond donors (Lipinski definition) is 0. The molecule has 180 valence electrons. The van der Waals surface area contributed by atoms with Crippen LogP contribution >= 0.6 is 0 Å². The normalized spacial score (nSPS) is 21.9. The van der Waals surface area contributed by atoms with Gasteiger partial charge in [-0.3, -0.25) is 14.4 Å². The monoisotopic (exact) mass is 462 g/mol. The molecule has 1 saturated carbocycles. The van der Waals surface area contributed by atoms with Crippen LogP contribution in [-0.4, -0.2) is 35.3 Å². The number of nitrogens with zero attached hydrogens (tertiary/aromatic N) is 2. The van der Waals surface area contributed by atoms with Crippen molar-refractivity contribution in [2.75, 3.05) is 11.5 Å². The summed E-state index contributed by atoms with van der Waals surface area (Å²) in [6, 6.07) is 15.4. The fraction of sp³-hybridized carbons (Fsp3) is 0.464. The van der Waals surface area contributed by atoms with Crippen molar-refractivity contribution in [1.29, 1.82) is 0 Å². The van der Waals surface area contributed by atoms with Crippen molar-refractivity contribution in [2.24, 2.45) is 16.7 Å². The summed E-state index contributed by atoms with van der Waals surface area (Å²) < 4.78 is 5.48. The van der Waals surface area contributed by atoms with Crippen molar-refractivity contribution in [3.8, 4) is 5.75 Å². The van der Waals surface area contributed by atoms with Crippen LogP contribution in [0.25, 0.3) is 0 Å². The zero-order valence-electron chi connectivity index (χ0n) is 20.9. The van der Waals surface area contributed by atoms with E-state index in [2.05, 4.69) is 27.7 Å². The minimum atomic E-state index is -0.839. The number of carbonyl (C=O) groups is 3. The molecule has 34 heavy (non-hydrogen) atoms. The number of anilines is 1. The van der Waals surface area contributed by atoms with Crippen LogP contribution < -0.4 is 9.64 Å². The second-order valence-corrected chi connectivity index (χ2v) is 10.4. The highest BCUT2D eigenvalue weighted by atomic mass is 16.5. The van der Waals surface area contributed by atoms with Crippen LogP contribution in [0.5, 0.6) is 5.75 Å². The molecule has 1 saturated heterocycles. The van der Waals surface area contributed by atoms with Gasteiger partial charge in [0.25, 0.3) is 5.91 Å². The van der Waals surface area contributed by atoms with Gasteiger partial charge in [0, 0.05) is 5.92 Å². The molecule has 6 heteroatoms. The number of imide groups is 1. The molecule has 6 nitrogen and oxygen atoms in total. The first kappa shape index (κ1) is 24.0. The predicted octanol–water partition coefficient (Wildman–Crippen LogP) is 4.99. The highest BCUT2D eigenvalue weighted by Crippen LogP contribution is 2.69. The quantitative estimate of drug-likeness (QED) is 0.544. The molecule has 0 bridgehead atoms. The first-order chi connectivity index (χ1) is 16.0. The SMILES string of the molecule is CCOc1ccc(N2C(=O)CC(N(C(=O)C3C(C)(C)C3(C)C)C(C)c3ccccc3)C2=O)cc1. The zero-order valence-corrected chi connectivity index (χ0v) is 20.9. The van der Waals surface area contributed by atoms with E-state index in [0.717, 1.165) is 5.56 Å². The summed E-state index contributed by atoms with van der Waals surface area (Å²) in [4.78, 5) is 43.6. The van der Waals surface area contributed by atoms with E-state index in [1.807, 2.05) is 44.2 Å². The van der Waals surface area contributed by atoms with Gasteiger partial charge in [0.15, 0.2) is 0 Å². The molecule has 1 heterocycles. The fourth-order valence-corrected chi connectivity index (χ4v) is 5.43. The lowest BCUT2D eigenvalue weighted by Crippen LogP contribution is -2.48. The lowest BCUT2D eigenvalue weighted by Gasteiger charge is -2.34. The second-order valence-electron chi connectivity index (χ2n) is 10.4. The number of amides is 3. The van der Waals surface area contributed by atoms with Crippen LogP contribution in [0.2, 0.25) is 0 Å². The molecule has 2 fully saturated rings. The van der Waals surface area contributed by atoms with Gasteiger partial charge in [-0.15, -0.1) is 0 Å². The molecular weight excluding hydrogens is 428 g/mol. The van der Waals surface area contributed by atoms with Gasteiger partial charge >= 0.3 is 0 Å². The minimum absolute atomic E-state index is 0.0253. The fourth-order valence-electron chi connectivity index (χ4n) is 5.43. The van der Waals surface area contributed by atoms with Gasteiger partial charge < -0.3 is 9.64 Å². The summed E-state index contributed by atoms with van der Waals surface area (Å²) in [5, 5.41) is 0. The maximum atomic E-state index is 14.0. The molecule has 1 aliphatic heterocycles. The van der Waals surface area contributed by atoms with Crippen molar-refractivity contribution >= 4 is 23.4 Å². The van der Waals surface area contributed by atoms with Crippen LogP contribution in [-0.2, 0) is 14.4 Å². The molecule has 0 spiro atoms.